The Kier molecular flexibility index (Phi) is 2.56. The standard InChI is InChI=1S/C13H13N5O/c1-18-6-4-9-8(3-5-15-12(9)18)10-7-11(19-2)17-13(14)16-10/h3-7H,1-2H3,(H2,14,16,17). The lowest BCUT2D eigenvalue weighted by molar-refractivity contribution is 0.398. The summed E-state index contributed by atoms with van der Waals surface area (Å²) >= 11 is 0. The van der Waals surface area contributed by atoms with Crippen molar-refractivity contribution < 1.29 is 4.74 Å². The molecule has 2 N–H and O–H groups in total. The fraction of sp³-hybridized carbons (Fsp3) is 0.154. The van der Waals surface area contributed by atoms with E-state index in [4.69, 9.17) is 10.5 Å². The van der Waals surface area contributed by atoms with E-state index in [1.54, 1.807) is 19.4 Å². The largest absolute Gasteiger partial charge is 0.481 e. The molecule has 0 radical (unpaired) electrons. The second-order valence-corrected chi connectivity index (χ2v) is 4.18. The number of hydrogen-bond donors (Lipinski definition) is 1. The molecular weight excluding hydrogens is 242 g/mol. The van der Waals surface area contributed by atoms with Crippen LogP contribution in [0.2, 0.25) is 0 Å². The zero-order valence-electron chi connectivity index (χ0n) is 10.7. The van der Waals surface area contributed by atoms with Crippen LogP contribution in [0.5, 0.6) is 5.88 Å². The first-order valence-corrected chi connectivity index (χ1v) is 5.78. The minimum Gasteiger partial charge on any atom is -0.481 e. The van der Waals surface area contributed by atoms with Crippen molar-refractivity contribution in [3.05, 3.63) is 30.6 Å². The van der Waals surface area contributed by atoms with Crippen LogP contribution in [0.4, 0.5) is 5.95 Å². The molecule has 6 heteroatoms. The third-order valence-corrected chi connectivity index (χ3v) is 2.97. The maximum absolute atomic E-state index is 5.70. The van der Waals surface area contributed by atoms with Gasteiger partial charge in [0.1, 0.15) is 5.65 Å². The maximum atomic E-state index is 5.70. The van der Waals surface area contributed by atoms with Crippen LogP contribution in [-0.4, -0.2) is 26.6 Å². The number of pyridine rings is 1. The van der Waals surface area contributed by atoms with E-state index < -0.39 is 0 Å². The lowest BCUT2D eigenvalue weighted by Gasteiger charge is -2.06. The summed E-state index contributed by atoms with van der Waals surface area (Å²) in [6, 6.07) is 5.67. The molecule has 96 valence electrons. The minimum absolute atomic E-state index is 0.190. The quantitative estimate of drug-likeness (QED) is 0.752. The molecule has 6 nitrogen and oxygen atoms in total. The van der Waals surface area contributed by atoms with Crippen molar-refractivity contribution in [2.45, 2.75) is 0 Å². The van der Waals surface area contributed by atoms with Crippen molar-refractivity contribution in [2.75, 3.05) is 12.8 Å². The van der Waals surface area contributed by atoms with Crippen molar-refractivity contribution >= 4 is 17.0 Å². The first-order chi connectivity index (χ1) is 9.19. The van der Waals surface area contributed by atoms with Crippen LogP contribution < -0.4 is 10.5 Å². The molecule has 0 bridgehead atoms. The summed E-state index contributed by atoms with van der Waals surface area (Å²) in [5, 5.41) is 1.02. The number of aryl methyl sites for hydroxylation is 1. The summed E-state index contributed by atoms with van der Waals surface area (Å²) in [6.07, 6.45) is 3.71. The lowest BCUT2D eigenvalue weighted by Crippen LogP contribution is -1.99. The number of hydrogen-bond acceptors (Lipinski definition) is 5. The molecule has 0 fully saturated rings. The van der Waals surface area contributed by atoms with Crippen LogP contribution in [0.1, 0.15) is 0 Å². The SMILES string of the molecule is COc1cc(-c2ccnc3c2ccn3C)nc(N)n1. The Morgan fingerprint density at radius 1 is 1.26 bits per heavy atom. The van der Waals surface area contributed by atoms with Crippen molar-refractivity contribution in [1.82, 2.24) is 19.5 Å². The maximum Gasteiger partial charge on any atom is 0.223 e. The average molecular weight is 255 g/mol. The van der Waals surface area contributed by atoms with Crippen molar-refractivity contribution in [1.29, 1.82) is 0 Å². The smallest absolute Gasteiger partial charge is 0.223 e. The van der Waals surface area contributed by atoms with E-state index in [-0.39, 0.29) is 5.95 Å². The van der Waals surface area contributed by atoms with Crippen LogP contribution >= 0.6 is 0 Å². The number of ether oxygens (including phenoxy) is 1. The molecule has 0 aromatic carbocycles. The number of nitrogens with two attached hydrogens (primary N) is 1. The van der Waals surface area contributed by atoms with Crippen molar-refractivity contribution in [2.24, 2.45) is 7.05 Å². The first kappa shape index (κ1) is 11.5. The zero-order valence-corrected chi connectivity index (χ0v) is 10.7. The van der Waals surface area contributed by atoms with Gasteiger partial charge in [-0.2, -0.15) is 4.98 Å². The highest BCUT2D eigenvalue weighted by molar-refractivity contribution is 5.92. The minimum atomic E-state index is 0.190. The monoisotopic (exact) mass is 255 g/mol. The van der Waals surface area contributed by atoms with Gasteiger partial charge < -0.3 is 15.0 Å². The van der Waals surface area contributed by atoms with E-state index in [1.165, 1.54) is 0 Å². The highest BCUT2D eigenvalue weighted by atomic mass is 16.5. The van der Waals surface area contributed by atoms with E-state index in [0.29, 0.717) is 5.88 Å². The molecule has 0 saturated carbocycles. The fourth-order valence-electron chi connectivity index (χ4n) is 2.07. The van der Waals surface area contributed by atoms with Gasteiger partial charge in [0.25, 0.3) is 0 Å². The van der Waals surface area contributed by atoms with Gasteiger partial charge in [0, 0.05) is 36.5 Å². The van der Waals surface area contributed by atoms with Crippen LogP contribution in [0.15, 0.2) is 30.6 Å². The van der Waals surface area contributed by atoms with E-state index in [1.807, 2.05) is 29.9 Å². The molecule has 0 unspecified atom stereocenters. The van der Waals surface area contributed by atoms with Crippen LogP contribution in [0.25, 0.3) is 22.3 Å². The molecule has 0 aliphatic carbocycles. The second kappa shape index (κ2) is 4.24. The summed E-state index contributed by atoms with van der Waals surface area (Å²) in [4.78, 5) is 12.6. The predicted molar refractivity (Wildman–Crippen MR) is 72.7 cm³/mol. The normalized spacial score (nSPS) is 10.8. The Morgan fingerprint density at radius 2 is 2.11 bits per heavy atom. The number of methoxy groups -OCH3 is 1. The van der Waals surface area contributed by atoms with E-state index >= 15 is 0 Å². The molecule has 3 heterocycles. The zero-order chi connectivity index (χ0) is 13.4. The fourth-order valence-corrected chi connectivity index (χ4v) is 2.07. The van der Waals surface area contributed by atoms with Gasteiger partial charge in [-0.1, -0.05) is 0 Å². The third kappa shape index (κ3) is 1.87. The summed E-state index contributed by atoms with van der Waals surface area (Å²) < 4.78 is 7.08. The van der Waals surface area contributed by atoms with Gasteiger partial charge in [0.05, 0.1) is 12.8 Å². The van der Waals surface area contributed by atoms with Crippen molar-refractivity contribution in [3.8, 4) is 17.1 Å². The molecule has 0 amide bonds. The second-order valence-electron chi connectivity index (χ2n) is 4.18. The molecule has 0 aliphatic heterocycles. The first-order valence-electron chi connectivity index (χ1n) is 5.78. The number of rotatable bonds is 2. The van der Waals surface area contributed by atoms with Gasteiger partial charge in [0.2, 0.25) is 11.8 Å². The van der Waals surface area contributed by atoms with Gasteiger partial charge in [-0.15, -0.1) is 0 Å². The van der Waals surface area contributed by atoms with Crippen LogP contribution in [0, 0.1) is 0 Å². The van der Waals surface area contributed by atoms with Gasteiger partial charge in [-0.25, -0.2) is 9.97 Å². The predicted octanol–water partition coefficient (Wildman–Crippen LogP) is 1.62. The summed E-state index contributed by atoms with van der Waals surface area (Å²) in [7, 11) is 3.50. The van der Waals surface area contributed by atoms with Gasteiger partial charge in [0.15, 0.2) is 0 Å². The molecule has 3 aromatic heterocycles. The number of nitrogen functional groups attached to an aromatic ring is 1. The Labute approximate surface area is 109 Å². The van der Waals surface area contributed by atoms with E-state index in [2.05, 4.69) is 15.0 Å². The average Bonchev–Trinajstić information content (AvgIpc) is 2.80. The Balaban J connectivity index is 2.27. The molecule has 0 saturated heterocycles. The lowest BCUT2D eigenvalue weighted by atomic mass is 10.1. The number of anilines is 1. The molecular formula is C13H13N5O. The molecule has 3 rings (SSSR count). The molecule has 19 heavy (non-hydrogen) atoms. The van der Waals surface area contributed by atoms with Gasteiger partial charge >= 0.3 is 0 Å². The summed E-state index contributed by atoms with van der Waals surface area (Å²) in [6.45, 7) is 0. The number of aromatic nitrogens is 4. The molecule has 3 aromatic rings. The Hall–Kier alpha value is -2.63. The molecule has 0 spiro atoms. The van der Waals surface area contributed by atoms with E-state index in [9.17, 15) is 0 Å². The van der Waals surface area contributed by atoms with E-state index in [0.717, 1.165) is 22.3 Å². The highest BCUT2D eigenvalue weighted by Crippen LogP contribution is 2.28. The molecule has 0 atom stereocenters. The highest BCUT2D eigenvalue weighted by Gasteiger charge is 2.10. The van der Waals surface area contributed by atoms with Crippen LogP contribution in [-0.2, 0) is 7.05 Å². The third-order valence-electron chi connectivity index (χ3n) is 2.97. The molecule has 0 aliphatic rings. The Bertz CT molecular complexity index is 750. The van der Waals surface area contributed by atoms with Crippen molar-refractivity contribution in [3.63, 3.8) is 0 Å². The topological polar surface area (TPSA) is 78.8 Å². The summed E-state index contributed by atoms with van der Waals surface area (Å²) in [5.74, 6) is 0.638. The number of nitrogens with zero attached hydrogens (tertiary/aromatic N) is 4. The Morgan fingerprint density at radius 3 is 2.89 bits per heavy atom. The van der Waals surface area contributed by atoms with Gasteiger partial charge in [-0.05, 0) is 12.1 Å². The van der Waals surface area contributed by atoms with Gasteiger partial charge in [-0.3, -0.25) is 0 Å². The van der Waals surface area contributed by atoms with Crippen LogP contribution in [0.3, 0.4) is 0 Å². The summed E-state index contributed by atoms with van der Waals surface area (Å²) in [5.41, 5.74) is 8.28. The number of fused-ring (bicyclic) bond motifs is 1.